The monoisotopic (exact) mass is 423 g/mol. The number of amides is 1. The molecule has 0 radical (unpaired) electrons. The van der Waals surface area contributed by atoms with Crippen LogP contribution in [-0.4, -0.2) is 44.4 Å². The summed E-state index contributed by atoms with van der Waals surface area (Å²) in [4.78, 5) is 28.1. The molecule has 2 aromatic heterocycles. The predicted molar refractivity (Wildman–Crippen MR) is 112 cm³/mol. The van der Waals surface area contributed by atoms with Gasteiger partial charge in [-0.1, -0.05) is 11.6 Å². The van der Waals surface area contributed by atoms with E-state index >= 15 is 0 Å². The summed E-state index contributed by atoms with van der Waals surface area (Å²) in [5, 5.41) is 4.02. The summed E-state index contributed by atoms with van der Waals surface area (Å²) >= 11 is 5.92. The minimum atomic E-state index is -0.426. The zero-order valence-corrected chi connectivity index (χ0v) is 16.8. The Labute approximate surface area is 178 Å². The molecule has 6 nitrogen and oxygen atoms in total. The predicted octanol–water partition coefficient (Wildman–Crippen LogP) is 4.05. The van der Waals surface area contributed by atoms with Crippen LogP contribution in [0.15, 0.2) is 55.0 Å². The van der Waals surface area contributed by atoms with Crippen molar-refractivity contribution in [1.29, 1.82) is 0 Å². The molecule has 2 bridgehead atoms. The van der Waals surface area contributed by atoms with E-state index in [1.165, 1.54) is 18.2 Å². The number of benzene rings is 1. The first-order chi connectivity index (χ1) is 14.6. The summed E-state index contributed by atoms with van der Waals surface area (Å²) < 4.78 is 13.9. The van der Waals surface area contributed by atoms with E-state index in [1.807, 2.05) is 11.0 Å². The molecule has 1 N–H and O–H groups in total. The molecule has 8 heteroatoms. The van der Waals surface area contributed by atoms with E-state index in [0.29, 0.717) is 34.4 Å². The Bertz CT molecular complexity index is 1080. The number of rotatable bonds is 4. The van der Waals surface area contributed by atoms with Crippen molar-refractivity contribution in [3.8, 4) is 11.4 Å². The lowest BCUT2D eigenvalue weighted by molar-refractivity contribution is 0.0692. The van der Waals surface area contributed by atoms with Gasteiger partial charge in [0, 0.05) is 36.7 Å². The lowest BCUT2D eigenvalue weighted by Gasteiger charge is -2.34. The average molecular weight is 424 g/mol. The van der Waals surface area contributed by atoms with Gasteiger partial charge in [0.2, 0.25) is 0 Å². The Morgan fingerprint density at radius 3 is 2.70 bits per heavy atom. The molecule has 2 fully saturated rings. The van der Waals surface area contributed by atoms with E-state index in [2.05, 4.69) is 20.3 Å². The summed E-state index contributed by atoms with van der Waals surface area (Å²) in [5.74, 6) is 0.959. The Morgan fingerprint density at radius 2 is 1.97 bits per heavy atom. The molecule has 0 unspecified atom stereocenters. The van der Waals surface area contributed by atoms with Crippen molar-refractivity contribution in [3.05, 3.63) is 71.4 Å². The number of fused-ring (bicyclic) bond motifs is 2. The summed E-state index contributed by atoms with van der Waals surface area (Å²) in [6, 6.07) is 9.63. The smallest absolute Gasteiger partial charge is 0.254 e. The number of piperidine rings is 1. The molecule has 1 aliphatic carbocycles. The molecule has 1 saturated carbocycles. The highest BCUT2D eigenvalue weighted by Crippen LogP contribution is 2.40. The van der Waals surface area contributed by atoms with Gasteiger partial charge in [0.1, 0.15) is 11.6 Å². The maximum atomic E-state index is 13.9. The van der Waals surface area contributed by atoms with Crippen LogP contribution in [0.4, 0.5) is 10.2 Å². The Kier molecular flexibility index (Phi) is 4.83. The highest BCUT2D eigenvalue weighted by Gasteiger charge is 2.47. The van der Waals surface area contributed by atoms with Gasteiger partial charge in [-0.25, -0.2) is 19.3 Å². The maximum Gasteiger partial charge on any atom is 0.254 e. The fourth-order valence-electron chi connectivity index (χ4n) is 4.55. The molecule has 1 aliphatic heterocycles. The largest absolute Gasteiger partial charge is 0.365 e. The first kappa shape index (κ1) is 18.9. The molecule has 5 rings (SSSR count). The van der Waals surface area contributed by atoms with Crippen LogP contribution < -0.4 is 5.32 Å². The highest BCUT2D eigenvalue weighted by molar-refractivity contribution is 6.30. The number of hydrogen-bond donors (Lipinski definition) is 1. The van der Waals surface area contributed by atoms with Gasteiger partial charge < -0.3 is 10.2 Å². The second kappa shape index (κ2) is 7.65. The summed E-state index contributed by atoms with van der Waals surface area (Å²) in [5.41, 5.74) is 0.825. The van der Waals surface area contributed by atoms with Crippen LogP contribution in [0.2, 0.25) is 5.02 Å². The molecule has 152 valence electrons. The molecule has 2 aliphatic rings. The molecular formula is C22H19ClFN5O. The SMILES string of the molecule is O=C(c1ccc(F)cc1-c1ncccn1)N1C[C@H]2C[C@@H](Nc3ccc(Cl)cn3)[C@@H]1C2. The fraction of sp³-hybridized carbons (Fsp3) is 0.273. The van der Waals surface area contributed by atoms with Crippen LogP contribution in [0.25, 0.3) is 11.4 Å². The van der Waals surface area contributed by atoms with Crippen LogP contribution in [-0.2, 0) is 0 Å². The molecule has 30 heavy (non-hydrogen) atoms. The van der Waals surface area contributed by atoms with Crippen LogP contribution >= 0.6 is 11.6 Å². The minimum Gasteiger partial charge on any atom is -0.365 e. The second-order valence-electron chi connectivity index (χ2n) is 7.74. The van der Waals surface area contributed by atoms with Gasteiger partial charge in [0.05, 0.1) is 16.6 Å². The van der Waals surface area contributed by atoms with Gasteiger partial charge in [-0.2, -0.15) is 0 Å². The number of hydrogen-bond acceptors (Lipinski definition) is 5. The third-order valence-corrected chi connectivity index (χ3v) is 6.05. The quantitative estimate of drug-likeness (QED) is 0.685. The standard InChI is InChI=1S/C22H19ClFN5O/c23-14-2-5-20(27-11-14)28-18-8-13-9-19(18)29(12-13)22(30)16-4-3-15(24)10-17(16)21-25-6-1-7-26-21/h1-7,10-11,13,18-19H,8-9,12H2,(H,27,28)/t13-,18+,19-/m0/s1. The number of pyridine rings is 1. The summed E-state index contributed by atoms with van der Waals surface area (Å²) in [7, 11) is 0. The highest BCUT2D eigenvalue weighted by atomic mass is 35.5. The number of carbonyl (C=O) groups excluding carboxylic acids is 1. The molecule has 1 amide bonds. The van der Waals surface area contributed by atoms with E-state index in [9.17, 15) is 9.18 Å². The van der Waals surface area contributed by atoms with E-state index in [1.54, 1.807) is 30.7 Å². The van der Waals surface area contributed by atoms with Crippen molar-refractivity contribution in [3.63, 3.8) is 0 Å². The third kappa shape index (κ3) is 3.50. The average Bonchev–Trinajstić information content (AvgIpc) is 3.36. The number of anilines is 1. The van der Waals surface area contributed by atoms with E-state index in [4.69, 9.17) is 11.6 Å². The molecule has 3 atom stereocenters. The number of aromatic nitrogens is 3. The Morgan fingerprint density at radius 1 is 1.13 bits per heavy atom. The van der Waals surface area contributed by atoms with Gasteiger partial charge >= 0.3 is 0 Å². The topological polar surface area (TPSA) is 71.0 Å². The zero-order chi connectivity index (χ0) is 20.7. The summed E-state index contributed by atoms with van der Waals surface area (Å²) in [6.07, 6.45) is 6.69. The van der Waals surface area contributed by atoms with Gasteiger partial charge in [-0.3, -0.25) is 4.79 Å². The van der Waals surface area contributed by atoms with Crippen molar-refractivity contribution in [2.24, 2.45) is 5.92 Å². The molecule has 3 heterocycles. The Balaban J connectivity index is 1.41. The number of carbonyl (C=O) groups is 1. The zero-order valence-electron chi connectivity index (χ0n) is 16.0. The minimum absolute atomic E-state index is 0.0505. The third-order valence-electron chi connectivity index (χ3n) is 5.82. The van der Waals surface area contributed by atoms with E-state index in [0.717, 1.165) is 18.7 Å². The van der Waals surface area contributed by atoms with Crippen LogP contribution in [0.1, 0.15) is 23.2 Å². The normalized spacial score (nSPS) is 22.3. The molecule has 1 aromatic carbocycles. The van der Waals surface area contributed by atoms with Crippen molar-refractivity contribution in [2.45, 2.75) is 24.9 Å². The lowest BCUT2D eigenvalue weighted by atomic mass is 10.0. The van der Waals surface area contributed by atoms with Crippen LogP contribution in [0.5, 0.6) is 0 Å². The fourth-order valence-corrected chi connectivity index (χ4v) is 4.66. The van der Waals surface area contributed by atoms with E-state index < -0.39 is 5.82 Å². The van der Waals surface area contributed by atoms with Crippen LogP contribution in [0, 0.1) is 11.7 Å². The van der Waals surface area contributed by atoms with Crippen molar-refractivity contribution >= 4 is 23.3 Å². The first-order valence-electron chi connectivity index (χ1n) is 9.84. The first-order valence-corrected chi connectivity index (χ1v) is 10.2. The van der Waals surface area contributed by atoms with Crippen molar-refractivity contribution in [1.82, 2.24) is 19.9 Å². The molecule has 1 saturated heterocycles. The summed E-state index contributed by atoms with van der Waals surface area (Å²) in [6.45, 7) is 0.697. The van der Waals surface area contributed by atoms with Crippen LogP contribution in [0.3, 0.4) is 0 Å². The van der Waals surface area contributed by atoms with Crippen molar-refractivity contribution in [2.75, 3.05) is 11.9 Å². The van der Waals surface area contributed by atoms with E-state index in [-0.39, 0.29) is 18.0 Å². The molecule has 3 aromatic rings. The lowest BCUT2D eigenvalue weighted by Crippen LogP contribution is -2.47. The Hall–Kier alpha value is -3.06. The number of nitrogens with zero attached hydrogens (tertiary/aromatic N) is 4. The van der Waals surface area contributed by atoms with Gasteiger partial charge in [-0.15, -0.1) is 0 Å². The molecule has 0 spiro atoms. The van der Waals surface area contributed by atoms with Gasteiger partial charge in [-0.05, 0) is 55.2 Å². The number of nitrogens with one attached hydrogen (secondary N) is 1. The van der Waals surface area contributed by atoms with Gasteiger partial charge in [0.15, 0.2) is 5.82 Å². The van der Waals surface area contributed by atoms with Crippen molar-refractivity contribution < 1.29 is 9.18 Å². The second-order valence-corrected chi connectivity index (χ2v) is 8.17. The number of likely N-dealkylation sites (tertiary alicyclic amines) is 1. The molecular weight excluding hydrogens is 405 g/mol. The van der Waals surface area contributed by atoms with Gasteiger partial charge in [0.25, 0.3) is 5.91 Å². The number of halogens is 2. The maximum absolute atomic E-state index is 13.9.